The number of anilines is 1. The summed E-state index contributed by atoms with van der Waals surface area (Å²) < 4.78 is 1.82. The third-order valence-electron chi connectivity index (χ3n) is 4.83. The first-order valence-corrected chi connectivity index (χ1v) is 8.69. The highest BCUT2D eigenvalue weighted by atomic mass is 15.3. The average Bonchev–Trinajstić information content (AvgIpc) is 2.90. The SMILES string of the molecule is CC1CN(C)CCCN1c1nc(-c2ccncc2)nc2c1cnn2C. The monoisotopic (exact) mass is 337 g/mol. The standard InChI is InChI=1S/C18H23N7/c1-13-12-23(2)9-4-10-25(13)18-15-11-20-24(3)17(15)21-16(22-18)14-5-7-19-8-6-14/h5-8,11,13H,4,9-10,12H2,1-3H3. The number of hydrogen-bond acceptors (Lipinski definition) is 6. The van der Waals surface area contributed by atoms with Gasteiger partial charge in [0, 0.05) is 44.1 Å². The minimum absolute atomic E-state index is 0.385. The van der Waals surface area contributed by atoms with Crippen LogP contribution in [0.4, 0.5) is 5.82 Å². The van der Waals surface area contributed by atoms with Gasteiger partial charge in [-0.05, 0) is 39.1 Å². The molecule has 130 valence electrons. The molecule has 0 spiro atoms. The van der Waals surface area contributed by atoms with Crippen LogP contribution in [-0.4, -0.2) is 62.4 Å². The van der Waals surface area contributed by atoms with Gasteiger partial charge >= 0.3 is 0 Å². The number of fused-ring (bicyclic) bond motifs is 1. The van der Waals surface area contributed by atoms with E-state index in [1.54, 1.807) is 12.4 Å². The summed E-state index contributed by atoms with van der Waals surface area (Å²) in [4.78, 5) is 18.6. The molecule has 1 aliphatic rings. The molecule has 7 nitrogen and oxygen atoms in total. The van der Waals surface area contributed by atoms with Crippen LogP contribution in [0.2, 0.25) is 0 Å². The number of rotatable bonds is 2. The summed E-state index contributed by atoms with van der Waals surface area (Å²) in [7, 11) is 4.11. The van der Waals surface area contributed by atoms with Crippen molar-refractivity contribution in [3.05, 3.63) is 30.7 Å². The van der Waals surface area contributed by atoms with Crippen molar-refractivity contribution in [3.63, 3.8) is 0 Å². The molecular formula is C18H23N7. The maximum absolute atomic E-state index is 4.94. The first-order valence-electron chi connectivity index (χ1n) is 8.69. The van der Waals surface area contributed by atoms with Crippen LogP contribution in [0.3, 0.4) is 0 Å². The number of hydrogen-bond donors (Lipinski definition) is 0. The minimum Gasteiger partial charge on any atom is -0.352 e. The molecule has 0 aliphatic carbocycles. The third-order valence-corrected chi connectivity index (χ3v) is 4.83. The van der Waals surface area contributed by atoms with Crippen molar-refractivity contribution in [3.8, 4) is 11.4 Å². The number of likely N-dealkylation sites (N-methyl/N-ethyl adjacent to an activating group) is 1. The van der Waals surface area contributed by atoms with Crippen LogP contribution in [0.1, 0.15) is 13.3 Å². The van der Waals surface area contributed by atoms with Crippen molar-refractivity contribution in [1.82, 2.24) is 29.6 Å². The molecule has 1 atom stereocenters. The smallest absolute Gasteiger partial charge is 0.164 e. The van der Waals surface area contributed by atoms with E-state index in [1.165, 1.54) is 0 Å². The topological polar surface area (TPSA) is 63.0 Å². The van der Waals surface area contributed by atoms with Crippen LogP contribution in [0.15, 0.2) is 30.7 Å². The fraction of sp³-hybridized carbons (Fsp3) is 0.444. The van der Waals surface area contributed by atoms with Crippen LogP contribution >= 0.6 is 0 Å². The first-order chi connectivity index (χ1) is 12.1. The van der Waals surface area contributed by atoms with Gasteiger partial charge in [-0.3, -0.25) is 9.67 Å². The lowest BCUT2D eigenvalue weighted by molar-refractivity contribution is 0.337. The zero-order valence-corrected chi connectivity index (χ0v) is 14.9. The van der Waals surface area contributed by atoms with Gasteiger partial charge in [-0.15, -0.1) is 0 Å². The molecule has 25 heavy (non-hydrogen) atoms. The fourth-order valence-corrected chi connectivity index (χ4v) is 3.54. The average molecular weight is 337 g/mol. The Balaban J connectivity index is 1.87. The van der Waals surface area contributed by atoms with E-state index in [1.807, 2.05) is 30.1 Å². The van der Waals surface area contributed by atoms with E-state index in [0.29, 0.717) is 6.04 Å². The quantitative estimate of drug-likeness (QED) is 0.712. The molecule has 4 rings (SSSR count). The van der Waals surface area contributed by atoms with Crippen LogP contribution in [0, 0.1) is 0 Å². The molecule has 0 saturated carbocycles. The second kappa shape index (κ2) is 6.40. The molecule has 7 heteroatoms. The molecule has 1 saturated heterocycles. The second-order valence-electron chi connectivity index (χ2n) is 6.77. The lowest BCUT2D eigenvalue weighted by Gasteiger charge is -2.29. The third kappa shape index (κ3) is 2.95. The van der Waals surface area contributed by atoms with Gasteiger partial charge < -0.3 is 9.80 Å². The van der Waals surface area contributed by atoms with Gasteiger partial charge in [0.2, 0.25) is 0 Å². The van der Waals surface area contributed by atoms with Crippen molar-refractivity contribution < 1.29 is 0 Å². The van der Waals surface area contributed by atoms with Crippen LogP contribution in [-0.2, 0) is 7.05 Å². The molecular weight excluding hydrogens is 314 g/mol. The lowest BCUT2D eigenvalue weighted by Crippen LogP contribution is -2.38. The Hall–Kier alpha value is -2.54. The van der Waals surface area contributed by atoms with E-state index in [9.17, 15) is 0 Å². The Bertz CT molecular complexity index is 874. The van der Waals surface area contributed by atoms with E-state index in [-0.39, 0.29) is 0 Å². The Morgan fingerprint density at radius 2 is 1.88 bits per heavy atom. The van der Waals surface area contributed by atoms with E-state index >= 15 is 0 Å². The summed E-state index contributed by atoms with van der Waals surface area (Å²) >= 11 is 0. The van der Waals surface area contributed by atoms with Crippen LogP contribution in [0.25, 0.3) is 22.4 Å². The molecule has 3 aromatic heterocycles. The maximum atomic E-state index is 4.94. The molecule has 1 aliphatic heterocycles. The summed E-state index contributed by atoms with van der Waals surface area (Å²) in [6.45, 7) is 5.39. The normalized spacial score (nSPS) is 19.3. The predicted octanol–water partition coefficient (Wildman–Crippen LogP) is 1.96. The van der Waals surface area contributed by atoms with E-state index in [2.05, 4.69) is 33.9 Å². The molecule has 1 fully saturated rings. The van der Waals surface area contributed by atoms with Crippen molar-refractivity contribution in [2.45, 2.75) is 19.4 Å². The molecule has 0 N–H and O–H groups in total. The number of aryl methyl sites for hydroxylation is 1. The van der Waals surface area contributed by atoms with Gasteiger partial charge in [-0.2, -0.15) is 5.10 Å². The molecule has 3 aromatic rings. The fourth-order valence-electron chi connectivity index (χ4n) is 3.54. The van der Waals surface area contributed by atoms with Crippen molar-refractivity contribution >= 4 is 16.9 Å². The van der Waals surface area contributed by atoms with Crippen molar-refractivity contribution in [1.29, 1.82) is 0 Å². The Morgan fingerprint density at radius 3 is 2.68 bits per heavy atom. The summed E-state index contributed by atoms with van der Waals surface area (Å²) in [5.41, 5.74) is 1.83. The highest BCUT2D eigenvalue weighted by Gasteiger charge is 2.24. The van der Waals surface area contributed by atoms with Gasteiger partial charge in [0.15, 0.2) is 11.5 Å². The highest BCUT2D eigenvalue weighted by molar-refractivity contribution is 5.88. The van der Waals surface area contributed by atoms with Gasteiger partial charge in [0.25, 0.3) is 0 Å². The predicted molar refractivity (Wildman–Crippen MR) is 98.5 cm³/mol. The van der Waals surface area contributed by atoms with Gasteiger partial charge in [-0.1, -0.05) is 0 Å². The zero-order valence-electron chi connectivity index (χ0n) is 14.9. The highest BCUT2D eigenvalue weighted by Crippen LogP contribution is 2.29. The summed E-state index contributed by atoms with van der Waals surface area (Å²) in [5, 5.41) is 5.43. The lowest BCUT2D eigenvalue weighted by atomic mass is 10.2. The van der Waals surface area contributed by atoms with Crippen molar-refractivity contribution in [2.24, 2.45) is 7.05 Å². The summed E-state index contributed by atoms with van der Waals surface area (Å²) in [5.74, 6) is 1.70. The molecule has 0 bridgehead atoms. The van der Waals surface area contributed by atoms with Gasteiger partial charge in [-0.25, -0.2) is 9.97 Å². The molecule has 4 heterocycles. The molecule has 0 amide bonds. The van der Waals surface area contributed by atoms with Gasteiger partial charge in [0.1, 0.15) is 5.82 Å². The van der Waals surface area contributed by atoms with E-state index in [4.69, 9.17) is 9.97 Å². The summed E-state index contributed by atoms with van der Waals surface area (Å²) in [6.07, 6.45) is 6.55. The number of aromatic nitrogens is 5. The number of nitrogens with zero attached hydrogens (tertiary/aromatic N) is 7. The largest absolute Gasteiger partial charge is 0.352 e. The van der Waals surface area contributed by atoms with Crippen LogP contribution in [0.5, 0.6) is 0 Å². The summed E-state index contributed by atoms with van der Waals surface area (Å²) in [6, 6.07) is 4.28. The Morgan fingerprint density at radius 1 is 1.08 bits per heavy atom. The van der Waals surface area contributed by atoms with E-state index in [0.717, 1.165) is 54.3 Å². The molecule has 1 unspecified atom stereocenters. The Kier molecular flexibility index (Phi) is 4.09. The van der Waals surface area contributed by atoms with E-state index < -0.39 is 0 Å². The first kappa shape index (κ1) is 16.0. The molecule has 0 aromatic carbocycles. The van der Waals surface area contributed by atoms with Crippen LogP contribution < -0.4 is 4.90 Å². The van der Waals surface area contributed by atoms with Crippen molar-refractivity contribution in [2.75, 3.05) is 31.6 Å². The zero-order chi connectivity index (χ0) is 17.4. The Labute approximate surface area is 147 Å². The minimum atomic E-state index is 0.385. The van der Waals surface area contributed by atoms with Gasteiger partial charge in [0.05, 0.1) is 11.6 Å². The maximum Gasteiger partial charge on any atom is 0.164 e. The second-order valence-corrected chi connectivity index (χ2v) is 6.77. The number of pyridine rings is 1. The molecule has 0 radical (unpaired) electrons.